The molecule has 0 saturated heterocycles. The maximum Gasteiger partial charge on any atom is 0.175 e. The van der Waals surface area contributed by atoms with Crippen LogP contribution in [0.2, 0.25) is 0 Å². The Bertz CT molecular complexity index is 900. The molecule has 0 saturated carbocycles. The Morgan fingerprint density at radius 3 is 2.39 bits per heavy atom. The molecule has 0 heterocycles. The van der Waals surface area contributed by atoms with E-state index in [2.05, 4.69) is 58.5 Å². The lowest BCUT2D eigenvalue weighted by atomic mass is 10.1. The van der Waals surface area contributed by atoms with Gasteiger partial charge in [-0.3, -0.25) is 0 Å². The van der Waals surface area contributed by atoms with Gasteiger partial charge in [-0.2, -0.15) is 0 Å². The van der Waals surface area contributed by atoms with E-state index in [0.717, 1.165) is 22.1 Å². The average Bonchev–Trinajstić information content (AvgIpc) is 2.72. The van der Waals surface area contributed by atoms with E-state index in [0.29, 0.717) is 24.1 Å². The molecular formula is C23H24BrFNO2+. The molecule has 146 valence electrons. The van der Waals surface area contributed by atoms with E-state index >= 15 is 0 Å². The van der Waals surface area contributed by atoms with Gasteiger partial charge >= 0.3 is 0 Å². The quantitative estimate of drug-likeness (QED) is 0.530. The summed E-state index contributed by atoms with van der Waals surface area (Å²) in [6.45, 7) is 3.36. The number of hydrogen-bond acceptors (Lipinski definition) is 2. The van der Waals surface area contributed by atoms with Crippen molar-refractivity contribution in [2.45, 2.75) is 26.1 Å². The van der Waals surface area contributed by atoms with Crippen LogP contribution in [-0.2, 0) is 13.2 Å². The fourth-order valence-electron chi connectivity index (χ4n) is 2.97. The Balaban J connectivity index is 1.67. The minimum absolute atomic E-state index is 0.257. The second-order valence-electron chi connectivity index (χ2n) is 6.66. The van der Waals surface area contributed by atoms with E-state index < -0.39 is 0 Å². The first-order valence-electron chi connectivity index (χ1n) is 9.18. The van der Waals surface area contributed by atoms with E-state index in [1.165, 1.54) is 17.7 Å². The summed E-state index contributed by atoms with van der Waals surface area (Å²) >= 11 is 3.60. The Hall–Kier alpha value is -2.37. The highest BCUT2D eigenvalue weighted by Gasteiger charge is 2.14. The molecule has 0 radical (unpaired) electrons. The lowest BCUT2D eigenvalue weighted by molar-refractivity contribution is -0.707. The van der Waals surface area contributed by atoms with Gasteiger partial charge in [0.1, 0.15) is 25.0 Å². The minimum atomic E-state index is -0.257. The van der Waals surface area contributed by atoms with Crippen molar-refractivity contribution in [1.82, 2.24) is 0 Å². The third kappa shape index (κ3) is 5.33. The molecule has 0 fully saturated rings. The van der Waals surface area contributed by atoms with Gasteiger partial charge in [-0.1, -0.05) is 42.5 Å². The Morgan fingerprint density at radius 1 is 1.00 bits per heavy atom. The van der Waals surface area contributed by atoms with Crippen molar-refractivity contribution < 1.29 is 19.2 Å². The fraction of sp³-hybridized carbons (Fsp3) is 0.217. The number of rotatable bonds is 8. The van der Waals surface area contributed by atoms with Crippen LogP contribution in [0, 0.1) is 5.82 Å². The largest absolute Gasteiger partial charge is 0.493 e. The number of benzene rings is 3. The van der Waals surface area contributed by atoms with Crippen molar-refractivity contribution in [1.29, 1.82) is 0 Å². The summed E-state index contributed by atoms with van der Waals surface area (Å²) in [6, 6.07) is 21.1. The zero-order valence-electron chi connectivity index (χ0n) is 16.0. The molecule has 1 atom stereocenters. The van der Waals surface area contributed by atoms with E-state index in [1.807, 2.05) is 12.1 Å². The summed E-state index contributed by atoms with van der Waals surface area (Å²) in [5, 5.41) is 2.29. The molecule has 0 aliphatic rings. The topological polar surface area (TPSA) is 35.1 Å². The van der Waals surface area contributed by atoms with Gasteiger partial charge in [-0.15, -0.1) is 0 Å². The van der Waals surface area contributed by atoms with Crippen LogP contribution >= 0.6 is 15.9 Å². The van der Waals surface area contributed by atoms with Crippen LogP contribution in [0.4, 0.5) is 4.39 Å². The van der Waals surface area contributed by atoms with Gasteiger partial charge in [-0.25, -0.2) is 4.39 Å². The smallest absolute Gasteiger partial charge is 0.175 e. The van der Waals surface area contributed by atoms with Crippen LogP contribution in [-0.4, -0.2) is 7.11 Å². The van der Waals surface area contributed by atoms with Crippen LogP contribution in [0.1, 0.15) is 29.7 Å². The molecule has 0 bridgehead atoms. The second kappa shape index (κ2) is 9.71. The summed E-state index contributed by atoms with van der Waals surface area (Å²) in [4.78, 5) is 0. The standard InChI is InChI=1S/C23H23BrFNO2/c1-16(19-6-4-3-5-7-19)26-14-18-12-21(24)23(22(13-18)27-2)28-15-17-8-10-20(25)11-9-17/h3-13,16,26H,14-15H2,1-2H3/p+1/t16-/m0/s1. The molecule has 28 heavy (non-hydrogen) atoms. The van der Waals surface area contributed by atoms with Gasteiger partial charge in [-0.05, 0) is 52.7 Å². The molecular weight excluding hydrogens is 421 g/mol. The van der Waals surface area contributed by atoms with Gasteiger partial charge in [0.2, 0.25) is 0 Å². The number of halogens is 2. The predicted octanol–water partition coefficient (Wildman–Crippen LogP) is 5.00. The fourth-order valence-corrected chi connectivity index (χ4v) is 3.58. The lowest BCUT2D eigenvalue weighted by Crippen LogP contribution is -2.83. The predicted molar refractivity (Wildman–Crippen MR) is 112 cm³/mol. The lowest BCUT2D eigenvalue weighted by Gasteiger charge is -2.15. The molecule has 0 aliphatic heterocycles. The van der Waals surface area contributed by atoms with Gasteiger partial charge in [0, 0.05) is 11.1 Å². The molecule has 0 amide bonds. The van der Waals surface area contributed by atoms with Crippen molar-refractivity contribution in [2.75, 3.05) is 7.11 Å². The van der Waals surface area contributed by atoms with Crippen LogP contribution in [0.5, 0.6) is 11.5 Å². The first-order valence-corrected chi connectivity index (χ1v) is 9.98. The normalized spacial score (nSPS) is 11.9. The monoisotopic (exact) mass is 444 g/mol. The third-order valence-electron chi connectivity index (χ3n) is 4.62. The molecule has 3 nitrogen and oxygen atoms in total. The van der Waals surface area contributed by atoms with Crippen LogP contribution in [0.3, 0.4) is 0 Å². The Kier molecular flexibility index (Phi) is 7.06. The molecule has 0 unspecified atom stereocenters. The Morgan fingerprint density at radius 2 is 1.71 bits per heavy atom. The second-order valence-corrected chi connectivity index (χ2v) is 7.52. The molecule has 3 aromatic rings. The van der Waals surface area contributed by atoms with Gasteiger partial charge < -0.3 is 14.8 Å². The summed E-state index contributed by atoms with van der Waals surface area (Å²) < 4.78 is 25.3. The number of hydrogen-bond donors (Lipinski definition) is 1. The first kappa shape index (κ1) is 20.4. The van der Waals surface area contributed by atoms with Crippen molar-refractivity contribution in [3.05, 3.63) is 93.7 Å². The van der Waals surface area contributed by atoms with Gasteiger partial charge in [0.15, 0.2) is 11.5 Å². The highest BCUT2D eigenvalue weighted by Crippen LogP contribution is 2.37. The zero-order valence-corrected chi connectivity index (χ0v) is 17.6. The maximum absolute atomic E-state index is 13.0. The van der Waals surface area contributed by atoms with E-state index in [4.69, 9.17) is 9.47 Å². The van der Waals surface area contributed by atoms with Gasteiger partial charge in [0.25, 0.3) is 0 Å². The van der Waals surface area contributed by atoms with E-state index in [1.54, 1.807) is 19.2 Å². The summed E-state index contributed by atoms with van der Waals surface area (Å²) in [7, 11) is 1.63. The minimum Gasteiger partial charge on any atom is -0.493 e. The number of methoxy groups -OCH3 is 1. The highest BCUT2D eigenvalue weighted by atomic mass is 79.9. The van der Waals surface area contributed by atoms with E-state index in [9.17, 15) is 4.39 Å². The highest BCUT2D eigenvalue weighted by molar-refractivity contribution is 9.10. The molecule has 0 aliphatic carbocycles. The number of ether oxygens (including phenoxy) is 2. The average molecular weight is 445 g/mol. The maximum atomic E-state index is 13.0. The summed E-state index contributed by atoms with van der Waals surface area (Å²) in [5.74, 6) is 1.06. The van der Waals surface area contributed by atoms with Crippen molar-refractivity contribution in [3.8, 4) is 11.5 Å². The van der Waals surface area contributed by atoms with Crippen LogP contribution < -0.4 is 14.8 Å². The molecule has 3 rings (SSSR count). The number of nitrogens with two attached hydrogens (primary N) is 1. The molecule has 0 aromatic heterocycles. The van der Waals surface area contributed by atoms with Crippen LogP contribution in [0.15, 0.2) is 71.2 Å². The Labute approximate surface area is 173 Å². The van der Waals surface area contributed by atoms with Crippen molar-refractivity contribution in [2.24, 2.45) is 0 Å². The van der Waals surface area contributed by atoms with E-state index in [-0.39, 0.29) is 5.82 Å². The number of quaternary nitrogens is 1. The van der Waals surface area contributed by atoms with Crippen LogP contribution in [0.25, 0.3) is 0 Å². The molecule has 0 spiro atoms. The third-order valence-corrected chi connectivity index (χ3v) is 5.21. The van der Waals surface area contributed by atoms with Crippen molar-refractivity contribution in [3.63, 3.8) is 0 Å². The van der Waals surface area contributed by atoms with Crippen molar-refractivity contribution >= 4 is 15.9 Å². The molecule has 2 N–H and O–H groups in total. The molecule has 5 heteroatoms. The summed E-state index contributed by atoms with van der Waals surface area (Å²) in [6.07, 6.45) is 0. The molecule has 3 aromatic carbocycles. The first-order chi connectivity index (χ1) is 13.6. The van der Waals surface area contributed by atoms with Gasteiger partial charge in [0.05, 0.1) is 11.6 Å². The SMILES string of the molecule is COc1cc(C[NH2+][C@@H](C)c2ccccc2)cc(Br)c1OCc1ccc(F)cc1. The zero-order chi connectivity index (χ0) is 19.9. The summed E-state index contributed by atoms with van der Waals surface area (Å²) in [5.41, 5.74) is 3.33.